The van der Waals surface area contributed by atoms with Crippen LogP contribution in [0.2, 0.25) is 0 Å². The van der Waals surface area contributed by atoms with Gasteiger partial charge in [-0.2, -0.15) is 0 Å². The monoisotopic (exact) mass is 884 g/mol. The van der Waals surface area contributed by atoms with Gasteiger partial charge in [0.05, 0.1) is 62.8 Å². The number of nitrogens with zero attached hydrogens (tertiary/aromatic N) is 4. The molecule has 2 saturated carbocycles. The molecule has 0 amide bonds. The lowest BCUT2D eigenvalue weighted by atomic mass is 9.54. The topological polar surface area (TPSA) is 34.6 Å². The summed E-state index contributed by atoms with van der Waals surface area (Å²) >= 11 is 0. The lowest BCUT2D eigenvalue weighted by molar-refractivity contribution is 0.172. The number of aromatic nitrogens is 4. The summed E-state index contributed by atoms with van der Waals surface area (Å²) in [5.74, 6) is 0.281. The Morgan fingerprint density at radius 2 is 0.912 bits per heavy atom. The second-order valence-electron chi connectivity index (χ2n) is 24.8. The fourth-order valence-electron chi connectivity index (χ4n) is 16.1. The van der Waals surface area contributed by atoms with Crippen LogP contribution >= 0.6 is 0 Å². The quantitative estimate of drug-likeness (QED) is 0.152. The Morgan fingerprint density at radius 1 is 0.456 bits per heavy atom. The molecule has 4 heteroatoms. The lowest BCUT2D eigenvalue weighted by Crippen LogP contribution is -2.43. The van der Waals surface area contributed by atoms with E-state index in [0.717, 1.165) is 0 Å². The average molecular weight is 885 g/mol. The zero-order valence-electron chi connectivity index (χ0n) is 40.7. The highest BCUT2D eigenvalue weighted by molar-refractivity contribution is 6.30. The minimum absolute atomic E-state index is 0.0113. The van der Waals surface area contributed by atoms with Gasteiger partial charge in [-0.15, -0.1) is 0 Å². The third-order valence-corrected chi connectivity index (χ3v) is 19.3. The summed E-state index contributed by atoms with van der Waals surface area (Å²) in [5.41, 5.74) is 22.6. The minimum Gasteiger partial charge on any atom is -0.306 e. The maximum atomic E-state index is 5.79. The van der Waals surface area contributed by atoms with Gasteiger partial charge in [0, 0.05) is 54.4 Å². The first-order chi connectivity index (χ1) is 32.9. The Hall–Kier alpha value is -6.00. The lowest BCUT2D eigenvalue weighted by Gasteiger charge is -2.50. The molecule has 2 fully saturated rings. The van der Waals surface area contributed by atoms with E-state index >= 15 is 0 Å². The van der Waals surface area contributed by atoms with Crippen molar-refractivity contribution in [3.05, 3.63) is 153 Å². The molecular weight excluding hydrogens is 825 g/mol. The molecule has 6 heterocycles. The van der Waals surface area contributed by atoms with E-state index in [2.05, 4.69) is 148 Å². The highest BCUT2D eigenvalue weighted by Gasteiger charge is 2.50. The Bertz CT molecular complexity index is 3970. The second-order valence-corrected chi connectivity index (χ2v) is 24.8. The zero-order valence-corrected chi connectivity index (χ0v) is 40.7. The highest BCUT2D eigenvalue weighted by Crippen LogP contribution is 2.61. The summed E-state index contributed by atoms with van der Waals surface area (Å²) in [4.78, 5) is 11.4. The molecule has 4 nitrogen and oxygen atoms in total. The number of rotatable bonds is 0. The van der Waals surface area contributed by atoms with Crippen molar-refractivity contribution in [3.8, 4) is 0 Å². The van der Waals surface area contributed by atoms with Gasteiger partial charge in [-0.1, -0.05) is 129 Å². The molecule has 6 aliphatic carbocycles. The van der Waals surface area contributed by atoms with Gasteiger partial charge < -0.3 is 8.80 Å². The Labute approximate surface area is 398 Å². The maximum Gasteiger partial charge on any atom is 0.0728 e. The first kappa shape index (κ1) is 38.9. The predicted octanol–water partition coefficient (Wildman–Crippen LogP) is 16.6. The summed E-state index contributed by atoms with van der Waals surface area (Å²) in [6.45, 7) is 14.4. The molecule has 336 valence electrons. The van der Waals surface area contributed by atoms with Crippen LogP contribution in [-0.4, -0.2) is 18.8 Å². The van der Waals surface area contributed by atoms with Crippen molar-refractivity contribution >= 4 is 76.2 Å². The summed E-state index contributed by atoms with van der Waals surface area (Å²) in [5, 5.41) is 11.2. The van der Waals surface area contributed by atoms with E-state index in [-0.39, 0.29) is 33.5 Å². The van der Waals surface area contributed by atoms with E-state index in [1.54, 1.807) is 5.56 Å². The fourth-order valence-corrected chi connectivity index (χ4v) is 16.1. The van der Waals surface area contributed by atoms with Gasteiger partial charge in [0.2, 0.25) is 0 Å². The van der Waals surface area contributed by atoms with Crippen molar-refractivity contribution in [2.24, 2.45) is 0 Å². The molecule has 2 bridgehead atoms. The first-order valence-electron chi connectivity index (χ1n) is 26.4. The number of fused-ring (bicyclic) bond motifs is 16. The van der Waals surface area contributed by atoms with Crippen LogP contribution in [0.5, 0.6) is 0 Å². The summed E-state index contributed by atoms with van der Waals surface area (Å²) in [6.07, 6.45) is 20.6. The van der Waals surface area contributed by atoms with Gasteiger partial charge in [-0.3, -0.25) is 9.97 Å². The van der Waals surface area contributed by atoms with Crippen molar-refractivity contribution in [2.75, 3.05) is 0 Å². The van der Waals surface area contributed by atoms with Crippen LogP contribution in [0.15, 0.2) is 97.3 Å². The third-order valence-electron chi connectivity index (χ3n) is 19.3. The molecule has 0 N–H and O–H groups in total. The van der Waals surface area contributed by atoms with E-state index < -0.39 is 0 Å². The third kappa shape index (κ3) is 4.60. The van der Waals surface area contributed by atoms with E-state index in [1.807, 2.05) is 0 Å². The van der Waals surface area contributed by atoms with E-state index in [1.165, 1.54) is 204 Å². The Balaban J connectivity index is 1.05. The molecule has 0 saturated heterocycles. The molecule has 0 unspecified atom stereocenters. The number of hydrogen-bond donors (Lipinski definition) is 0. The molecule has 0 radical (unpaired) electrons. The summed E-state index contributed by atoms with van der Waals surface area (Å²) < 4.78 is 5.31. The van der Waals surface area contributed by atoms with Gasteiger partial charge in [0.25, 0.3) is 0 Å². The predicted molar refractivity (Wildman–Crippen MR) is 282 cm³/mol. The molecule has 5 aromatic carbocycles. The van der Waals surface area contributed by atoms with Gasteiger partial charge in [0.15, 0.2) is 0 Å². The largest absolute Gasteiger partial charge is 0.306 e. The second kappa shape index (κ2) is 12.6. The molecular formula is C64H60N4. The van der Waals surface area contributed by atoms with Crippen LogP contribution in [0.1, 0.15) is 186 Å². The Kier molecular flexibility index (Phi) is 7.21. The van der Waals surface area contributed by atoms with E-state index in [4.69, 9.17) is 9.97 Å². The van der Waals surface area contributed by atoms with Crippen molar-refractivity contribution < 1.29 is 0 Å². The zero-order chi connectivity index (χ0) is 45.4. The Morgan fingerprint density at radius 3 is 1.46 bits per heavy atom. The van der Waals surface area contributed by atoms with Crippen molar-refractivity contribution in [1.82, 2.24) is 18.8 Å². The smallest absolute Gasteiger partial charge is 0.0728 e. The fraction of sp³-hybridized carbons (Fsp3) is 0.375. The number of hydrogen-bond acceptors (Lipinski definition) is 2. The van der Waals surface area contributed by atoms with Gasteiger partial charge in [0.1, 0.15) is 0 Å². The van der Waals surface area contributed by atoms with Crippen LogP contribution in [0.4, 0.5) is 0 Å². The molecule has 6 aromatic heterocycles. The highest BCUT2D eigenvalue weighted by atomic mass is 15.0. The van der Waals surface area contributed by atoms with Gasteiger partial charge in [-0.25, -0.2) is 0 Å². The average Bonchev–Trinajstić information content (AvgIpc) is 4.07. The van der Waals surface area contributed by atoms with Crippen LogP contribution in [-0.2, 0) is 21.7 Å². The molecule has 0 atom stereocenters. The van der Waals surface area contributed by atoms with Crippen LogP contribution in [0, 0.1) is 0 Å². The minimum atomic E-state index is -0.0399. The van der Waals surface area contributed by atoms with E-state index in [0.29, 0.717) is 0 Å². The molecule has 2 spiro atoms. The summed E-state index contributed by atoms with van der Waals surface area (Å²) in [6, 6.07) is 33.9. The molecule has 6 aliphatic rings. The molecule has 17 rings (SSSR count). The normalized spacial score (nSPS) is 20.9. The van der Waals surface area contributed by atoms with Crippen molar-refractivity contribution in [3.63, 3.8) is 0 Å². The standard InChI is InChI=1S/C64H60N4/c1-61(2,3)35-27-43-41-32-48-42(31-47(41)67-49-33-65-57-52-39-19-11-9-17-37(39)51(38-18-10-12-20-40(38)52)55(57)53(49)45(29-35)58(43)67)44-28-36(62(4,5)6)30-46-54-50(68(48)59(44)46)34-66-60-56(54)63(21-13-7-14-22-63)25-26-64(60)23-15-8-16-24-64/h9-12,17-20,27-34,51-52H,7-8,13-16,21-26H2,1-6H3. The van der Waals surface area contributed by atoms with Crippen LogP contribution < -0.4 is 0 Å². The van der Waals surface area contributed by atoms with Crippen molar-refractivity contribution in [2.45, 2.75) is 152 Å². The van der Waals surface area contributed by atoms with Gasteiger partial charge in [-0.05, 0) is 136 Å². The maximum absolute atomic E-state index is 5.79. The summed E-state index contributed by atoms with van der Waals surface area (Å²) in [7, 11) is 0. The van der Waals surface area contributed by atoms with E-state index in [9.17, 15) is 0 Å². The van der Waals surface area contributed by atoms with Crippen LogP contribution in [0.25, 0.3) is 76.2 Å². The SMILES string of the molecule is CC(C)(C)c1cc2c3cc4c(cc3n3c5cnc6c(c5c(c1)c23)C1c2ccccc2C6c2ccccc21)c1cc(C(C)(C)C)cc2c3c5c(ncc3n4c12)C1(CCCCC1)CCC51CCCCC1. The number of pyridine rings is 2. The number of benzene rings is 5. The molecule has 0 aliphatic heterocycles. The van der Waals surface area contributed by atoms with Crippen molar-refractivity contribution in [1.29, 1.82) is 0 Å². The molecule has 11 aromatic rings. The van der Waals surface area contributed by atoms with Crippen LogP contribution in [0.3, 0.4) is 0 Å². The first-order valence-corrected chi connectivity index (χ1v) is 26.4. The molecule has 68 heavy (non-hydrogen) atoms. The van der Waals surface area contributed by atoms with Gasteiger partial charge >= 0.3 is 0 Å².